The zero-order valence-corrected chi connectivity index (χ0v) is 13.0. The van der Waals surface area contributed by atoms with Gasteiger partial charge in [-0.1, -0.05) is 32.0 Å². The van der Waals surface area contributed by atoms with E-state index in [9.17, 15) is 0 Å². The van der Waals surface area contributed by atoms with Crippen LogP contribution in [0.15, 0.2) is 36.7 Å². The number of nitrogens with zero attached hydrogens (tertiary/aromatic N) is 2. The van der Waals surface area contributed by atoms with E-state index in [-0.39, 0.29) is 0 Å². The maximum absolute atomic E-state index is 5.35. The van der Waals surface area contributed by atoms with Crippen LogP contribution in [0.4, 0.5) is 0 Å². The molecule has 112 valence electrons. The largest absolute Gasteiger partial charge is 0.496 e. The van der Waals surface area contributed by atoms with Crippen molar-refractivity contribution in [1.82, 2.24) is 15.3 Å². The lowest BCUT2D eigenvalue weighted by molar-refractivity contribution is 0.410. The summed E-state index contributed by atoms with van der Waals surface area (Å²) in [6.45, 7) is 6.20. The van der Waals surface area contributed by atoms with Gasteiger partial charge in [-0.25, -0.2) is 9.97 Å². The molecule has 1 aromatic carbocycles. The highest BCUT2D eigenvalue weighted by molar-refractivity contribution is 5.35. The molecule has 0 spiro atoms. The summed E-state index contributed by atoms with van der Waals surface area (Å²) < 4.78 is 5.35. The van der Waals surface area contributed by atoms with Crippen LogP contribution in [-0.4, -0.2) is 23.6 Å². The molecule has 1 heterocycles. The Morgan fingerprint density at radius 3 is 2.52 bits per heavy atom. The summed E-state index contributed by atoms with van der Waals surface area (Å²) in [7, 11) is 1.68. The molecule has 4 heteroatoms. The number of ether oxygens (including phenoxy) is 1. The van der Waals surface area contributed by atoms with E-state index >= 15 is 0 Å². The lowest BCUT2D eigenvalue weighted by Gasteiger charge is -2.09. The molecule has 0 bridgehead atoms. The van der Waals surface area contributed by atoms with Gasteiger partial charge < -0.3 is 10.1 Å². The number of benzene rings is 1. The van der Waals surface area contributed by atoms with Gasteiger partial charge in [0.05, 0.1) is 7.11 Å². The molecule has 1 aromatic heterocycles. The fourth-order valence-electron chi connectivity index (χ4n) is 2.09. The summed E-state index contributed by atoms with van der Waals surface area (Å²) in [5.74, 6) is 2.34. The van der Waals surface area contributed by atoms with Crippen molar-refractivity contribution in [1.29, 1.82) is 0 Å². The van der Waals surface area contributed by atoms with Crippen molar-refractivity contribution in [2.45, 2.75) is 26.8 Å². The van der Waals surface area contributed by atoms with Crippen LogP contribution in [0, 0.1) is 5.92 Å². The third-order valence-corrected chi connectivity index (χ3v) is 3.18. The number of aromatic nitrogens is 2. The van der Waals surface area contributed by atoms with E-state index in [0.717, 1.165) is 35.8 Å². The third kappa shape index (κ3) is 4.83. The van der Waals surface area contributed by atoms with Gasteiger partial charge in [-0.15, -0.1) is 0 Å². The molecule has 0 aliphatic rings. The Morgan fingerprint density at radius 1 is 1.14 bits per heavy atom. The predicted octanol–water partition coefficient (Wildman–Crippen LogP) is 2.82. The summed E-state index contributed by atoms with van der Waals surface area (Å²) in [6.07, 6.45) is 4.47. The number of hydrogen-bond donors (Lipinski definition) is 1. The van der Waals surface area contributed by atoms with Crippen LogP contribution >= 0.6 is 0 Å². The molecule has 0 saturated heterocycles. The van der Waals surface area contributed by atoms with Crippen molar-refractivity contribution in [3.8, 4) is 5.75 Å². The first-order chi connectivity index (χ1) is 10.2. The number of rotatable bonds is 7. The van der Waals surface area contributed by atoms with E-state index in [1.807, 2.05) is 36.7 Å². The minimum atomic E-state index is 0.649. The van der Waals surface area contributed by atoms with E-state index in [0.29, 0.717) is 12.3 Å². The fourth-order valence-corrected chi connectivity index (χ4v) is 2.09. The molecule has 0 atom stereocenters. The van der Waals surface area contributed by atoms with E-state index in [1.54, 1.807) is 7.11 Å². The first-order valence-corrected chi connectivity index (χ1v) is 7.31. The molecule has 2 rings (SSSR count). The molecule has 4 nitrogen and oxygen atoms in total. The lowest BCUT2D eigenvalue weighted by Crippen LogP contribution is -2.19. The van der Waals surface area contributed by atoms with Crippen LogP contribution in [0.5, 0.6) is 5.75 Å². The molecule has 0 aliphatic carbocycles. The quantitative estimate of drug-likeness (QED) is 0.850. The highest BCUT2D eigenvalue weighted by Gasteiger charge is 2.05. The smallest absolute Gasteiger partial charge is 0.132 e. The van der Waals surface area contributed by atoms with E-state index in [1.165, 1.54) is 0 Å². The van der Waals surface area contributed by atoms with Gasteiger partial charge in [-0.2, -0.15) is 0 Å². The van der Waals surface area contributed by atoms with Crippen LogP contribution < -0.4 is 10.1 Å². The van der Waals surface area contributed by atoms with Gasteiger partial charge in [0.15, 0.2) is 0 Å². The number of nitrogens with one attached hydrogen (secondary N) is 1. The Labute approximate surface area is 126 Å². The minimum Gasteiger partial charge on any atom is -0.496 e. The summed E-state index contributed by atoms with van der Waals surface area (Å²) in [4.78, 5) is 8.88. The average molecular weight is 285 g/mol. The number of hydrogen-bond acceptors (Lipinski definition) is 4. The van der Waals surface area contributed by atoms with Crippen molar-refractivity contribution in [3.05, 3.63) is 53.6 Å². The zero-order valence-electron chi connectivity index (χ0n) is 13.0. The molecule has 21 heavy (non-hydrogen) atoms. The minimum absolute atomic E-state index is 0.649. The predicted molar refractivity (Wildman–Crippen MR) is 84.4 cm³/mol. The van der Waals surface area contributed by atoms with Gasteiger partial charge in [0, 0.05) is 36.5 Å². The van der Waals surface area contributed by atoms with Crippen LogP contribution in [0.1, 0.15) is 30.8 Å². The van der Waals surface area contributed by atoms with E-state index < -0.39 is 0 Å². The van der Waals surface area contributed by atoms with Crippen LogP contribution in [0.25, 0.3) is 0 Å². The van der Waals surface area contributed by atoms with E-state index in [2.05, 4.69) is 29.1 Å². The van der Waals surface area contributed by atoms with Gasteiger partial charge in [0.25, 0.3) is 0 Å². The standard InChI is InChI=1S/C17H23N3O/c1-13(2)9-18-10-14-11-19-17(20-12-14)8-15-6-4-5-7-16(15)21-3/h4-7,11-13,18H,8-10H2,1-3H3. The highest BCUT2D eigenvalue weighted by Crippen LogP contribution is 2.19. The Bertz CT molecular complexity index is 552. The normalized spacial score (nSPS) is 10.9. The van der Waals surface area contributed by atoms with Crippen molar-refractivity contribution in [2.75, 3.05) is 13.7 Å². The number of methoxy groups -OCH3 is 1. The van der Waals surface area contributed by atoms with E-state index in [4.69, 9.17) is 4.74 Å². The van der Waals surface area contributed by atoms with Crippen molar-refractivity contribution >= 4 is 0 Å². The van der Waals surface area contributed by atoms with Gasteiger partial charge in [0.2, 0.25) is 0 Å². The number of para-hydroxylation sites is 1. The Balaban J connectivity index is 1.96. The van der Waals surface area contributed by atoms with Gasteiger partial charge in [-0.05, 0) is 18.5 Å². The maximum Gasteiger partial charge on any atom is 0.132 e. The van der Waals surface area contributed by atoms with Crippen molar-refractivity contribution in [3.63, 3.8) is 0 Å². The lowest BCUT2D eigenvalue weighted by atomic mass is 10.1. The fraction of sp³-hybridized carbons (Fsp3) is 0.412. The van der Waals surface area contributed by atoms with Crippen LogP contribution in [-0.2, 0) is 13.0 Å². The molecule has 0 saturated carbocycles. The van der Waals surface area contributed by atoms with Crippen LogP contribution in [0.2, 0.25) is 0 Å². The maximum atomic E-state index is 5.35. The summed E-state index contributed by atoms with van der Waals surface area (Å²) in [6, 6.07) is 7.97. The van der Waals surface area contributed by atoms with Gasteiger partial charge >= 0.3 is 0 Å². The summed E-state index contributed by atoms with van der Waals surface area (Å²) in [5.41, 5.74) is 2.21. The highest BCUT2D eigenvalue weighted by atomic mass is 16.5. The first-order valence-electron chi connectivity index (χ1n) is 7.31. The molecular weight excluding hydrogens is 262 g/mol. The molecule has 0 unspecified atom stereocenters. The summed E-state index contributed by atoms with van der Waals surface area (Å²) in [5, 5.41) is 3.39. The zero-order chi connectivity index (χ0) is 15.1. The van der Waals surface area contributed by atoms with Gasteiger partial charge in [-0.3, -0.25) is 0 Å². The molecule has 2 aromatic rings. The second-order valence-electron chi connectivity index (χ2n) is 5.52. The Hall–Kier alpha value is -1.94. The second kappa shape index (κ2) is 7.74. The van der Waals surface area contributed by atoms with Crippen molar-refractivity contribution < 1.29 is 4.74 Å². The van der Waals surface area contributed by atoms with Crippen LogP contribution in [0.3, 0.4) is 0 Å². The second-order valence-corrected chi connectivity index (χ2v) is 5.52. The third-order valence-electron chi connectivity index (χ3n) is 3.18. The SMILES string of the molecule is COc1ccccc1Cc1ncc(CNCC(C)C)cn1. The molecule has 0 amide bonds. The molecule has 0 radical (unpaired) electrons. The average Bonchev–Trinajstić information content (AvgIpc) is 2.49. The monoisotopic (exact) mass is 285 g/mol. The Morgan fingerprint density at radius 2 is 1.86 bits per heavy atom. The Kier molecular flexibility index (Phi) is 5.69. The molecular formula is C17H23N3O. The molecule has 0 aliphatic heterocycles. The molecule has 0 fully saturated rings. The van der Waals surface area contributed by atoms with Gasteiger partial charge in [0.1, 0.15) is 11.6 Å². The first kappa shape index (κ1) is 15.4. The van der Waals surface area contributed by atoms with Crippen molar-refractivity contribution in [2.24, 2.45) is 5.92 Å². The topological polar surface area (TPSA) is 47.0 Å². The molecule has 1 N–H and O–H groups in total. The summed E-state index contributed by atoms with van der Waals surface area (Å²) >= 11 is 0.